The van der Waals surface area contributed by atoms with Crippen molar-refractivity contribution in [1.82, 2.24) is 20.3 Å². The lowest BCUT2D eigenvalue weighted by Gasteiger charge is -2.14. The van der Waals surface area contributed by atoms with Crippen molar-refractivity contribution in [2.45, 2.75) is 13.0 Å². The largest absolute Gasteiger partial charge is 0.331 e. The van der Waals surface area contributed by atoms with Crippen molar-refractivity contribution in [3.05, 3.63) is 72.8 Å². The van der Waals surface area contributed by atoms with Crippen LogP contribution in [0.15, 0.2) is 67.3 Å². The average molecular weight is 375 g/mol. The van der Waals surface area contributed by atoms with E-state index in [1.165, 1.54) is 17.7 Å². The molecule has 4 aromatic rings. The molecule has 2 aromatic carbocycles. The third-order valence-corrected chi connectivity index (χ3v) is 5.12. The summed E-state index contributed by atoms with van der Waals surface area (Å²) in [6.07, 6.45) is 5.05. The number of hydrogen-bond acceptors (Lipinski definition) is 5. The van der Waals surface area contributed by atoms with Crippen LogP contribution in [-0.4, -0.2) is 21.0 Å². The van der Waals surface area contributed by atoms with E-state index in [-0.39, 0.29) is 12.1 Å². The molecule has 134 valence electrons. The van der Waals surface area contributed by atoms with Crippen LogP contribution >= 0.6 is 11.3 Å². The van der Waals surface area contributed by atoms with Gasteiger partial charge in [0, 0.05) is 18.0 Å². The molecule has 27 heavy (non-hydrogen) atoms. The number of carbonyl (C=O) groups is 1. The fourth-order valence-corrected chi connectivity index (χ4v) is 3.61. The molecule has 0 saturated heterocycles. The Hall–Kier alpha value is -3.32. The zero-order chi connectivity index (χ0) is 18.6. The van der Waals surface area contributed by atoms with Crippen molar-refractivity contribution in [3.63, 3.8) is 0 Å². The first-order valence-electron chi connectivity index (χ1n) is 8.47. The van der Waals surface area contributed by atoms with Gasteiger partial charge in [-0.1, -0.05) is 47.7 Å². The van der Waals surface area contributed by atoms with Crippen molar-refractivity contribution < 1.29 is 4.79 Å². The second kappa shape index (κ2) is 7.51. The summed E-state index contributed by atoms with van der Waals surface area (Å²) in [5.41, 5.74) is 3.88. The predicted molar refractivity (Wildman–Crippen MR) is 108 cm³/mol. The van der Waals surface area contributed by atoms with E-state index < -0.39 is 0 Å². The van der Waals surface area contributed by atoms with Crippen LogP contribution in [0.3, 0.4) is 0 Å². The van der Waals surface area contributed by atoms with Gasteiger partial charge in [-0.05, 0) is 30.2 Å². The standard InChI is InChI=1S/C20H17N5OS/c1-13(14-6-8-15(9-7-14)16-10-21-12-22-11-16)23-19(26)25-20-24-17-4-2-3-5-18(17)27-20/h2-13H,1H3,(H2,23,24,25,26)/t13-/m1/s1. The van der Waals surface area contributed by atoms with Gasteiger partial charge in [-0.25, -0.2) is 19.7 Å². The van der Waals surface area contributed by atoms with E-state index in [2.05, 4.69) is 25.6 Å². The molecule has 0 radical (unpaired) electrons. The zero-order valence-electron chi connectivity index (χ0n) is 14.6. The third-order valence-electron chi connectivity index (χ3n) is 4.17. The summed E-state index contributed by atoms with van der Waals surface area (Å²) in [7, 11) is 0. The molecular formula is C20H17N5OS. The highest BCUT2D eigenvalue weighted by Gasteiger charge is 2.12. The number of anilines is 1. The van der Waals surface area contributed by atoms with Crippen LogP contribution in [0.2, 0.25) is 0 Å². The van der Waals surface area contributed by atoms with E-state index in [9.17, 15) is 4.79 Å². The Balaban J connectivity index is 1.40. The number of para-hydroxylation sites is 1. The fraction of sp³-hybridized carbons (Fsp3) is 0.100. The van der Waals surface area contributed by atoms with E-state index in [1.807, 2.05) is 55.5 Å². The number of rotatable bonds is 4. The molecule has 2 amide bonds. The summed E-state index contributed by atoms with van der Waals surface area (Å²) in [6, 6.07) is 15.4. The molecule has 2 aromatic heterocycles. The van der Waals surface area contributed by atoms with Crippen molar-refractivity contribution >= 4 is 32.7 Å². The zero-order valence-corrected chi connectivity index (χ0v) is 15.4. The quantitative estimate of drug-likeness (QED) is 0.545. The van der Waals surface area contributed by atoms with Gasteiger partial charge in [0.05, 0.1) is 16.3 Å². The first-order chi connectivity index (χ1) is 13.2. The Morgan fingerprint density at radius 1 is 1.00 bits per heavy atom. The molecule has 2 N–H and O–H groups in total. The number of hydrogen-bond donors (Lipinski definition) is 2. The second-order valence-electron chi connectivity index (χ2n) is 6.06. The van der Waals surface area contributed by atoms with Crippen LogP contribution in [-0.2, 0) is 0 Å². The van der Waals surface area contributed by atoms with E-state index in [0.717, 1.165) is 26.9 Å². The first kappa shape index (κ1) is 17.1. The summed E-state index contributed by atoms with van der Waals surface area (Å²) >= 11 is 1.45. The van der Waals surface area contributed by atoms with E-state index >= 15 is 0 Å². The van der Waals surface area contributed by atoms with Crippen molar-refractivity contribution in [2.75, 3.05) is 5.32 Å². The lowest BCUT2D eigenvalue weighted by molar-refractivity contribution is 0.249. The second-order valence-corrected chi connectivity index (χ2v) is 7.09. The van der Waals surface area contributed by atoms with Gasteiger partial charge in [0.1, 0.15) is 6.33 Å². The topological polar surface area (TPSA) is 79.8 Å². The minimum absolute atomic E-state index is 0.138. The molecule has 0 spiro atoms. The highest BCUT2D eigenvalue weighted by Crippen LogP contribution is 2.25. The molecule has 1 atom stereocenters. The summed E-state index contributed by atoms with van der Waals surface area (Å²) in [5, 5.41) is 6.33. The maximum Gasteiger partial charge on any atom is 0.321 e. The van der Waals surface area contributed by atoms with Crippen LogP contribution in [0.25, 0.3) is 21.3 Å². The lowest BCUT2D eigenvalue weighted by atomic mass is 10.0. The molecule has 0 aliphatic carbocycles. The van der Waals surface area contributed by atoms with Gasteiger partial charge >= 0.3 is 6.03 Å². The Labute approximate surface area is 160 Å². The molecule has 0 fully saturated rings. The SMILES string of the molecule is C[C@@H](NC(=O)Nc1nc2ccccc2s1)c1ccc(-c2cncnc2)cc1. The summed E-state index contributed by atoms with van der Waals surface area (Å²) in [5.74, 6) is 0. The minimum atomic E-state index is -0.276. The van der Waals surface area contributed by atoms with Crippen LogP contribution in [0, 0.1) is 0 Å². The van der Waals surface area contributed by atoms with Gasteiger partial charge in [0.15, 0.2) is 5.13 Å². The van der Waals surface area contributed by atoms with Crippen LogP contribution in [0.5, 0.6) is 0 Å². The lowest BCUT2D eigenvalue weighted by Crippen LogP contribution is -2.31. The van der Waals surface area contributed by atoms with Gasteiger partial charge in [-0.3, -0.25) is 5.32 Å². The monoisotopic (exact) mass is 375 g/mol. The van der Waals surface area contributed by atoms with E-state index in [4.69, 9.17) is 0 Å². The van der Waals surface area contributed by atoms with Crippen molar-refractivity contribution in [2.24, 2.45) is 0 Å². The maximum absolute atomic E-state index is 12.3. The van der Waals surface area contributed by atoms with Crippen molar-refractivity contribution in [1.29, 1.82) is 0 Å². The van der Waals surface area contributed by atoms with Gasteiger partial charge in [0.2, 0.25) is 0 Å². The third kappa shape index (κ3) is 3.93. The number of fused-ring (bicyclic) bond motifs is 1. The highest BCUT2D eigenvalue weighted by molar-refractivity contribution is 7.22. The smallest absolute Gasteiger partial charge is 0.321 e. The number of benzene rings is 2. The molecule has 0 saturated carbocycles. The first-order valence-corrected chi connectivity index (χ1v) is 9.29. The number of amides is 2. The average Bonchev–Trinajstić information content (AvgIpc) is 3.10. The van der Waals surface area contributed by atoms with Gasteiger partial charge in [0.25, 0.3) is 0 Å². The number of nitrogens with zero attached hydrogens (tertiary/aromatic N) is 3. The molecule has 0 unspecified atom stereocenters. The normalized spacial score (nSPS) is 11.9. The Kier molecular flexibility index (Phi) is 4.76. The summed E-state index contributed by atoms with van der Waals surface area (Å²) in [6.45, 7) is 1.94. The Morgan fingerprint density at radius 2 is 1.74 bits per heavy atom. The number of urea groups is 1. The molecule has 0 aliphatic rings. The van der Waals surface area contributed by atoms with E-state index in [0.29, 0.717) is 5.13 Å². The van der Waals surface area contributed by atoms with Crippen molar-refractivity contribution in [3.8, 4) is 11.1 Å². The van der Waals surface area contributed by atoms with Crippen LogP contribution in [0.4, 0.5) is 9.93 Å². The van der Waals surface area contributed by atoms with Gasteiger partial charge in [-0.2, -0.15) is 0 Å². The fourth-order valence-electron chi connectivity index (χ4n) is 2.75. The summed E-state index contributed by atoms with van der Waals surface area (Å²) in [4.78, 5) is 24.8. The Morgan fingerprint density at radius 3 is 2.48 bits per heavy atom. The van der Waals surface area contributed by atoms with Gasteiger partial charge in [-0.15, -0.1) is 0 Å². The molecule has 2 heterocycles. The minimum Gasteiger partial charge on any atom is -0.331 e. The van der Waals surface area contributed by atoms with Crippen LogP contribution in [0.1, 0.15) is 18.5 Å². The van der Waals surface area contributed by atoms with Crippen LogP contribution < -0.4 is 10.6 Å². The van der Waals surface area contributed by atoms with E-state index in [1.54, 1.807) is 12.4 Å². The molecular weight excluding hydrogens is 358 g/mol. The highest BCUT2D eigenvalue weighted by atomic mass is 32.1. The number of carbonyl (C=O) groups excluding carboxylic acids is 1. The predicted octanol–water partition coefficient (Wildman–Crippen LogP) is 4.64. The number of aromatic nitrogens is 3. The molecule has 0 aliphatic heterocycles. The molecule has 4 rings (SSSR count). The van der Waals surface area contributed by atoms with Gasteiger partial charge < -0.3 is 5.32 Å². The summed E-state index contributed by atoms with van der Waals surface area (Å²) < 4.78 is 1.04. The molecule has 7 heteroatoms. The molecule has 0 bridgehead atoms. The number of thiazole rings is 1. The number of nitrogens with one attached hydrogen (secondary N) is 2. The molecule has 6 nitrogen and oxygen atoms in total. The Bertz CT molecular complexity index is 1030. The maximum atomic E-state index is 12.3.